The Morgan fingerprint density at radius 2 is 1.94 bits per heavy atom. The van der Waals surface area contributed by atoms with Crippen LogP contribution in [0.2, 0.25) is 10.0 Å². The molecule has 0 aliphatic rings. The van der Waals surface area contributed by atoms with Gasteiger partial charge in [-0.15, -0.1) is 0 Å². The largest absolute Gasteiger partial charge is 0.481 e. The third kappa shape index (κ3) is 2.51. The zero-order valence-electron chi connectivity index (χ0n) is 8.88. The van der Waals surface area contributed by atoms with Crippen molar-refractivity contribution < 1.29 is 9.13 Å². The summed E-state index contributed by atoms with van der Waals surface area (Å²) in [6, 6.07) is 6.35. The highest BCUT2D eigenvalue weighted by molar-refractivity contribution is 6.42. The van der Waals surface area contributed by atoms with Crippen LogP contribution in [0.4, 0.5) is 4.39 Å². The van der Waals surface area contributed by atoms with Gasteiger partial charge in [-0.2, -0.15) is 0 Å². The second-order valence-corrected chi connectivity index (χ2v) is 4.15. The minimum absolute atomic E-state index is 0.338. The Labute approximate surface area is 108 Å². The van der Waals surface area contributed by atoms with Crippen LogP contribution in [0.15, 0.2) is 30.5 Å². The van der Waals surface area contributed by atoms with Crippen LogP contribution in [0.3, 0.4) is 0 Å². The fourth-order valence-corrected chi connectivity index (χ4v) is 1.76. The molecule has 2 nitrogen and oxygen atoms in total. The normalized spacial score (nSPS) is 10.4. The topological polar surface area (TPSA) is 22.1 Å². The van der Waals surface area contributed by atoms with E-state index in [0.29, 0.717) is 27.1 Å². The predicted octanol–water partition coefficient (Wildman–Crippen LogP) is 4.20. The van der Waals surface area contributed by atoms with E-state index >= 15 is 0 Å². The molecular formula is C12H8Cl2FNO. The fraction of sp³-hybridized carbons (Fsp3) is 0.0833. The molecule has 0 atom stereocenters. The van der Waals surface area contributed by atoms with Gasteiger partial charge < -0.3 is 4.74 Å². The Bertz CT molecular complexity index is 560. The molecule has 0 aliphatic heterocycles. The molecule has 1 aromatic heterocycles. The van der Waals surface area contributed by atoms with Gasteiger partial charge in [0.15, 0.2) is 0 Å². The molecule has 0 amide bonds. The first-order chi connectivity index (χ1) is 8.11. The third-order valence-corrected chi connectivity index (χ3v) is 2.98. The zero-order valence-corrected chi connectivity index (χ0v) is 10.4. The van der Waals surface area contributed by atoms with E-state index in [4.69, 9.17) is 27.9 Å². The number of nitrogens with zero attached hydrogens (tertiary/aromatic N) is 1. The van der Waals surface area contributed by atoms with E-state index in [0.717, 1.165) is 6.20 Å². The van der Waals surface area contributed by atoms with Crippen molar-refractivity contribution in [2.24, 2.45) is 0 Å². The SMILES string of the molecule is COc1ncc(F)cc1-c1ccc(Cl)c(Cl)c1. The van der Waals surface area contributed by atoms with E-state index in [1.165, 1.54) is 13.2 Å². The molecule has 5 heteroatoms. The molecule has 0 unspecified atom stereocenters. The molecule has 0 N–H and O–H groups in total. The van der Waals surface area contributed by atoms with Crippen LogP contribution in [0.5, 0.6) is 5.88 Å². The van der Waals surface area contributed by atoms with Gasteiger partial charge in [-0.1, -0.05) is 29.3 Å². The average molecular weight is 272 g/mol. The van der Waals surface area contributed by atoms with E-state index in [-0.39, 0.29) is 0 Å². The third-order valence-electron chi connectivity index (χ3n) is 2.24. The number of hydrogen-bond donors (Lipinski definition) is 0. The van der Waals surface area contributed by atoms with Gasteiger partial charge >= 0.3 is 0 Å². The van der Waals surface area contributed by atoms with Gasteiger partial charge in [0.1, 0.15) is 5.82 Å². The second-order valence-electron chi connectivity index (χ2n) is 3.34. The molecule has 88 valence electrons. The molecule has 0 saturated carbocycles. The van der Waals surface area contributed by atoms with Crippen LogP contribution >= 0.6 is 23.2 Å². The summed E-state index contributed by atoms with van der Waals surface area (Å²) in [6.45, 7) is 0. The van der Waals surface area contributed by atoms with Crippen LogP contribution in [0, 0.1) is 5.82 Å². The van der Waals surface area contributed by atoms with Gasteiger partial charge in [0.25, 0.3) is 0 Å². The van der Waals surface area contributed by atoms with Gasteiger partial charge in [-0.05, 0) is 23.8 Å². The molecule has 0 fully saturated rings. The monoisotopic (exact) mass is 271 g/mol. The molecule has 1 aromatic carbocycles. The van der Waals surface area contributed by atoms with Crippen molar-refractivity contribution in [2.75, 3.05) is 7.11 Å². The number of pyridine rings is 1. The Hall–Kier alpha value is -1.32. The summed E-state index contributed by atoms with van der Waals surface area (Å²) in [7, 11) is 1.47. The number of aromatic nitrogens is 1. The van der Waals surface area contributed by atoms with Crippen molar-refractivity contribution in [3.05, 3.63) is 46.3 Å². The van der Waals surface area contributed by atoms with Gasteiger partial charge in [-0.25, -0.2) is 9.37 Å². The number of ether oxygens (including phenoxy) is 1. The highest BCUT2D eigenvalue weighted by Crippen LogP contribution is 2.32. The van der Waals surface area contributed by atoms with Crippen LogP contribution in [-0.4, -0.2) is 12.1 Å². The summed E-state index contributed by atoms with van der Waals surface area (Å²) in [4.78, 5) is 3.85. The summed E-state index contributed by atoms with van der Waals surface area (Å²) in [6.07, 6.45) is 1.10. The quantitative estimate of drug-likeness (QED) is 0.817. The highest BCUT2D eigenvalue weighted by Gasteiger charge is 2.10. The highest BCUT2D eigenvalue weighted by atomic mass is 35.5. The van der Waals surface area contributed by atoms with E-state index in [1.807, 2.05) is 0 Å². The number of hydrogen-bond acceptors (Lipinski definition) is 2. The lowest BCUT2D eigenvalue weighted by atomic mass is 10.1. The second kappa shape index (κ2) is 4.90. The van der Waals surface area contributed by atoms with Crippen molar-refractivity contribution in [1.82, 2.24) is 4.98 Å². The smallest absolute Gasteiger partial charge is 0.221 e. The van der Waals surface area contributed by atoms with E-state index in [2.05, 4.69) is 4.98 Å². The number of rotatable bonds is 2. The molecule has 1 heterocycles. The van der Waals surface area contributed by atoms with Crippen molar-refractivity contribution in [3.63, 3.8) is 0 Å². The van der Waals surface area contributed by atoms with Crippen LogP contribution in [0.1, 0.15) is 0 Å². The average Bonchev–Trinajstić information content (AvgIpc) is 2.32. The lowest BCUT2D eigenvalue weighted by Gasteiger charge is -2.08. The molecule has 0 aliphatic carbocycles. The first kappa shape index (κ1) is 12.1. The molecule has 2 aromatic rings. The van der Waals surface area contributed by atoms with Gasteiger partial charge in [-0.3, -0.25) is 0 Å². The lowest BCUT2D eigenvalue weighted by Crippen LogP contribution is -1.93. The van der Waals surface area contributed by atoms with Gasteiger partial charge in [0, 0.05) is 5.56 Å². The van der Waals surface area contributed by atoms with Gasteiger partial charge in [0.05, 0.1) is 23.4 Å². The first-order valence-corrected chi connectivity index (χ1v) is 5.52. The summed E-state index contributed by atoms with van der Waals surface area (Å²) >= 11 is 11.7. The molecule has 17 heavy (non-hydrogen) atoms. The Morgan fingerprint density at radius 3 is 2.59 bits per heavy atom. The molecule has 0 saturated heterocycles. The maximum Gasteiger partial charge on any atom is 0.221 e. The van der Waals surface area contributed by atoms with Crippen molar-refractivity contribution in [2.45, 2.75) is 0 Å². The predicted molar refractivity (Wildman–Crippen MR) is 66.2 cm³/mol. The minimum atomic E-state index is -0.438. The molecule has 0 bridgehead atoms. The summed E-state index contributed by atoms with van der Waals surface area (Å²) in [5.41, 5.74) is 1.23. The number of benzene rings is 1. The fourth-order valence-electron chi connectivity index (χ4n) is 1.46. The van der Waals surface area contributed by atoms with E-state index in [1.54, 1.807) is 18.2 Å². The zero-order chi connectivity index (χ0) is 12.4. The number of methoxy groups -OCH3 is 1. The standard InChI is InChI=1S/C12H8Cl2FNO/c1-17-12-9(5-8(15)6-16-12)7-2-3-10(13)11(14)4-7/h2-6H,1H3. The number of halogens is 3. The summed E-state index contributed by atoms with van der Waals surface area (Å²) in [5, 5.41) is 0.842. The Kier molecular flexibility index (Phi) is 3.50. The van der Waals surface area contributed by atoms with Gasteiger partial charge in [0.2, 0.25) is 5.88 Å². The van der Waals surface area contributed by atoms with Crippen molar-refractivity contribution in [3.8, 4) is 17.0 Å². The minimum Gasteiger partial charge on any atom is -0.481 e. The van der Waals surface area contributed by atoms with Crippen LogP contribution < -0.4 is 4.74 Å². The first-order valence-electron chi connectivity index (χ1n) is 4.77. The molecule has 0 radical (unpaired) electrons. The Balaban J connectivity index is 2.58. The summed E-state index contributed by atoms with van der Waals surface area (Å²) in [5.74, 6) is -0.100. The van der Waals surface area contributed by atoms with Crippen molar-refractivity contribution in [1.29, 1.82) is 0 Å². The van der Waals surface area contributed by atoms with Crippen LogP contribution in [0.25, 0.3) is 11.1 Å². The summed E-state index contributed by atoms with van der Waals surface area (Å²) < 4.78 is 18.2. The lowest BCUT2D eigenvalue weighted by molar-refractivity contribution is 0.397. The molecule has 0 spiro atoms. The van der Waals surface area contributed by atoms with Crippen LogP contribution in [-0.2, 0) is 0 Å². The van der Waals surface area contributed by atoms with E-state index < -0.39 is 5.82 Å². The Morgan fingerprint density at radius 1 is 1.18 bits per heavy atom. The van der Waals surface area contributed by atoms with Crippen molar-refractivity contribution >= 4 is 23.2 Å². The maximum absolute atomic E-state index is 13.2. The molecular weight excluding hydrogens is 264 g/mol. The molecule has 2 rings (SSSR count). The van der Waals surface area contributed by atoms with E-state index in [9.17, 15) is 4.39 Å². The maximum atomic E-state index is 13.2.